The highest BCUT2D eigenvalue weighted by molar-refractivity contribution is 5.76. The Balaban J connectivity index is 1.15. The quantitative estimate of drug-likeness (QED) is 0.565. The SMILES string of the molecule is O=C(CCCn1nnc(-c2ccccc2)n1)N1CCN(C/C=C/c2ccccc2)CC1. The molecule has 160 valence electrons. The zero-order valence-corrected chi connectivity index (χ0v) is 17.7. The Morgan fingerprint density at radius 2 is 1.65 bits per heavy atom. The molecular formula is C24H28N6O. The second-order valence-electron chi connectivity index (χ2n) is 7.67. The van der Waals surface area contributed by atoms with Gasteiger partial charge in [0.2, 0.25) is 11.7 Å². The number of benzene rings is 2. The maximum Gasteiger partial charge on any atom is 0.222 e. The normalized spacial score (nSPS) is 14.9. The summed E-state index contributed by atoms with van der Waals surface area (Å²) in [6.45, 7) is 4.91. The summed E-state index contributed by atoms with van der Waals surface area (Å²) in [5.41, 5.74) is 2.16. The van der Waals surface area contributed by atoms with Gasteiger partial charge in [0.1, 0.15) is 0 Å². The largest absolute Gasteiger partial charge is 0.340 e. The second kappa shape index (κ2) is 10.6. The van der Waals surface area contributed by atoms with E-state index in [-0.39, 0.29) is 5.91 Å². The molecule has 0 spiro atoms. The van der Waals surface area contributed by atoms with Crippen molar-refractivity contribution in [2.24, 2.45) is 0 Å². The van der Waals surface area contributed by atoms with Crippen LogP contribution in [0.2, 0.25) is 0 Å². The summed E-state index contributed by atoms with van der Waals surface area (Å²) < 4.78 is 0. The molecule has 0 atom stereocenters. The summed E-state index contributed by atoms with van der Waals surface area (Å²) in [5.74, 6) is 0.826. The fraction of sp³-hybridized carbons (Fsp3) is 0.333. The zero-order chi connectivity index (χ0) is 21.3. The number of tetrazole rings is 1. The summed E-state index contributed by atoms with van der Waals surface area (Å²) in [6.07, 6.45) is 5.57. The Kier molecular flexibility index (Phi) is 7.18. The molecule has 1 aliphatic heterocycles. The van der Waals surface area contributed by atoms with E-state index < -0.39 is 0 Å². The van der Waals surface area contributed by atoms with Gasteiger partial charge < -0.3 is 4.90 Å². The van der Waals surface area contributed by atoms with Crippen LogP contribution in [0.4, 0.5) is 0 Å². The van der Waals surface area contributed by atoms with E-state index in [9.17, 15) is 4.79 Å². The molecule has 2 heterocycles. The number of amides is 1. The maximum absolute atomic E-state index is 12.5. The molecule has 3 aromatic rings. The molecule has 4 rings (SSSR count). The topological polar surface area (TPSA) is 67.2 Å². The minimum absolute atomic E-state index is 0.211. The van der Waals surface area contributed by atoms with E-state index in [0.717, 1.165) is 38.3 Å². The Morgan fingerprint density at radius 1 is 0.935 bits per heavy atom. The Labute approximate surface area is 183 Å². The van der Waals surface area contributed by atoms with Gasteiger partial charge in [-0.1, -0.05) is 72.8 Å². The Morgan fingerprint density at radius 3 is 2.39 bits per heavy atom. The summed E-state index contributed by atoms with van der Waals surface area (Å²) in [5, 5.41) is 12.6. The first kappa shape index (κ1) is 20.9. The molecule has 1 aromatic heterocycles. The first-order valence-electron chi connectivity index (χ1n) is 10.8. The van der Waals surface area contributed by atoms with Gasteiger partial charge in [-0.25, -0.2) is 0 Å². The highest BCUT2D eigenvalue weighted by Gasteiger charge is 2.20. The van der Waals surface area contributed by atoms with Crippen LogP contribution in [0.25, 0.3) is 17.5 Å². The molecule has 1 fully saturated rings. The summed E-state index contributed by atoms with van der Waals surface area (Å²) in [4.78, 5) is 18.5. The molecule has 0 aliphatic carbocycles. The van der Waals surface area contributed by atoms with Gasteiger partial charge in [-0.3, -0.25) is 9.69 Å². The van der Waals surface area contributed by atoms with Gasteiger partial charge in [-0.05, 0) is 17.2 Å². The van der Waals surface area contributed by atoms with Crippen molar-refractivity contribution in [2.45, 2.75) is 19.4 Å². The van der Waals surface area contributed by atoms with Gasteiger partial charge in [0.15, 0.2) is 0 Å². The number of rotatable bonds is 8. The van der Waals surface area contributed by atoms with Gasteiger partial charge in [-0.2, -0.15) is 4.80 Å². The van der Waals surface area contributed by atoms with Crippen LogP contribution in [0, 0.1) is 0 Å². The highest BCUT2D eigenvalue weighted by Crippen LogP contribution is 2.12. The lowest BCUT2D eigenvalue weighted by molar-refractivity contribution is -0.133. The van der Waals surface area contributed by atoms with Gasteiger partial charge in [0.05, 0.1) is 6.54 Å². The fourth-order valence-electron chi connectivity index (χ4n) is 3.65. The summed E-state index contributed by atoms with van der Waals surface area (Å²) >= 11 is 0. The van der Waals surface area contributed by atoms with Crippen LogP contribution in [0.5, 0.6) is 0 Å². The molecule has 2 aromatic carbocycles. The van der Waals surface area contributed by atoms with Crippen molar-refractivity contribution in [3.05, 3.63) is 72.3 Å². The van der Waals surface area contributed by atoms with Crippen LogP contribution in [0.3, 0.4) is 0 Å². The molecule has 7 heteroatoms. The van der Waals surface area contributed by atoms with Gasteiger partial charge in [0, 0.05) is 44.7 Å². The lowest BCUT2D eigenvalue weighted by Crippen LogP contribution is -2.48. The first-order chi connectivity index (χ1) is 15.3. The predicted molar refractivity (Wildman–Crippen MR) is 121 cm³/mol. The number of nitrogens with zero attached hydrogens (tertiary/aromatic N) is 6. The molecule has 0 unspecified atom stereocenters. The second-order valence-corrected chi connectivity index (χ2v) is 7.67. The smallest absolute Gasteiger partial charge is 0.222 e. The van der Waals surface area contributed by atoms with Crippen LogP contribution < -0.4 is 0 Å². The van der Waals surface area contributed by atoms with E-state index in [4.69, 9.17) is 0 Å². The fourth-order valence-corrected chi connectivity index (χ4v) is 3.65. The Hall–Kier alpha value is -3.32. The van der Waals surface area contributed by atoms with E-state index in [1.165, 1.54) is 5.56 Å². The zero-order valence-electron chi connectivity index (χ0n) is 17.7. The molecule has 0 bridgehead atoms. The van der Waals surface area contributed by atoms with Crippen LogP contribution >= 0.6 is 0 Å². The van der Waals surface area contributed by atoms with Gasteiger partial charge >= 0.3 is 0 Å². The molecule has 0 N–H and O–H groups in total. The van der Waals surface area contributed by atoms with Crippen molar-refractivity contribution in [2.75, 3.05) is 32.7 Å². The molecule has 0 saturated carbocycles. The standard InChI is InChI=1S/C24H28N6O/c31-23(14-8-16-30-26-24(25-27-30)22-12-5-2-6-13-22)29-19-17-28(18-20-29)15-7-11-21-9-3-1-4-10-21/h1-7,9-13H,8,14-20H2/b11-7+. The number of aromatic nitrogens is 4. The van der Waals surface area contributed by atoms with Crippen LogP contribution in [0.1, 0.15) is 18.4 Å². The van der Waals surface area contributed by atoms with E-state index >= 15 is 0 Å². The average molecular weight is 417 g/mol. The van der Waals surface area contributed by atoms with Gasteiger partial charge in [0.25, 0.3) is 0 Å². The number of carbonyl (C=O) groups excluding carboxylic acids is 1. The molecule has 0 radical (unpaired) electrons. The van der Waals surface area contributed by atoms with E-state index in [1.807, 2.05) is 53.4 Å². The number of aryl methyl sites for hydroxylation is 1. The maximum atomic E-state index is 12.5. The number of piperazine rings is 1. The monoisotopic (exact) mass is 416 g/mol. The lowest BCUT2D eigenvalue weighted by atomic mass is 10.2. The van der Waals surface area contributed by atoms with Crippen LogP contribution in [-0.2, 0) is 11.3 Å². The lowest BCUT2D eigenvalue weighted by Gasteiger charge is -2.34. The van der Waals surface area contributed by atoms with E-state index in [0.29, 0.717) is 25.2 Å². The van der Waals surface area contributed by atoms with E-state index in [1.54, 1.807) is 4.80 Å². The van der Waals surface area contributed by atoms with Gasteiger partial charge in [-0.15, -0.1) is 10.2 Å². The molecular weight excluding hydrogens is 388 g/mol. The third-order valence-corrected chi connectivity index (χ3v) is 5.43. The summed E-state index contributed by atoms with van der Waals surface area (Å²) in [6, 6.07) is 20.1. The number of hydrogen-bond acceptors (Lipinski definition) is 5. The van der Waals surface area contributed by atoms with Crippen molar-refractivity contribution in [3.8, 4) is 11.4 Å². The first-order valence-corrected chi connectivity index (χ1v) is 10.8. The third-order valence-electron chi connectivity index (χ3n) is 5.43. The molecule has 1 saturated heterocycles. The predicted octanol–water partition coefficient (Wildman–Crippen LogP) is 2.98. The van der Waals surface area contributed by atoms with Crippen LogP contribution in [-0.4, -0.2) is 68.6 Å². The summed E-state index contributed by atoms with van der Waals surface area (Å²) in [7, 11) is 0. The van der Waals surface area contributed by atoms with Crippen molar-refractivity contribution in [1.82, 2.24) is 30.0 Å². The molecule has 31 heavy (non-hydrogen) atoms. The minimum Gasteiger partial charge on any atom is -0.340 e. The molecule has 7 nitrogen and oxygen atoms in total. The molecule has 1 amide bonds. The number of hydrogen-bond donors (Lipinski definition) is 0. The van der Waals surface area contributed by atoms with Crippen molar-refractivity contribution >= 4 is 12.0 Å². The number of carbonyl (C=O) groups is 1. The van der Waals surface area contributed by atoms with Crippen molar-refractivity contribution in [1.29, 1.82) is 0 Å². The highest BCUT2D eigenvalue weighted by atomic mass is 16.2. The Bertz CT molecular complexity index is 978. The van der Waals surface area contributed by atoms with Crippen molar-refractivity contribution < 1.29 is 4.79 Å². The average Bonchev–Trinajstić information content (AvgIpc) is 3.30. The minimum atomic E-state index is 0.211. The third kappa shape index (κ3) is 6.08. The van der Waals surface area contributed by atoms with E-state index in [2.05, 4.69) is 44.6 Å². The van der Waals surface area contributed by atoms with Crippen molar-refractivity contribution in [3.63, 3.8) is 0 Å². The molecule has 1 aliphatic rings. The van der Waals surface area contributed by atoms with Crippen LogP contribution in [0.15, 0.2) is 66.7 Å².